The molecular weight excluding hydrogens is 450 g/mol. The maximum absolute atomic E-state index is 13.8. The van der Waals surface area contributed by atoms with Crippen molar-refractivity contribution in [2.45, 2.75) is 76.5 Å². The average molecular weight is 488 g/mol. The van der Waals surface area contributed by atoms with Crippen LogP contribution in [-0.4, -0.2) is 50.3 Å². The number of rotatable bonds is 10. The van der Waals surface area contributed by atoms with Crippen LogP contribution in [0.3, 0.4) is 0 Å². The van der Waals surface area contributed by atoms with E-state index in [1.54, 1.807) is 16.7 Å². The Balaban J connectivity index is 1.85. The van der Waals surface area contributed by atoms with Gasteiger partial charge in [0.1, 0.15) is 11.7 Å². The molecule has 5 nitrogen and oxygen atoms in total. The van der Waals surface area contributed by atoms with E-state index in [1.165, 1.54) is 30.8 Å². The Morgan fingerprint density at radius 1 is 1.18 bits per heavy atom. The minimum absolute atomic E-state index is 0.00629. The van der Waals surface area contributed by atoms with Gasteiger partial charge < -0.3 is 4.90 Å². The third-order valence-electron chi connectivity index (χ3n) is 7.14. The van der Waals surface area contributed by atoms with Crippen LogP contribution in [0.5, 0.6) is 0 Å². The fraction of sp³-hybridized carbons (Fsp3) is 0.615. The smallest absolute Gasteiger partial charge is 0.226 e. The number of Topliss-reactive ketones (excluding diaryl/α,β-unsaturated/α-hetero) is 1. The van der Waals surface area contributed by atoms with Crippen molar-refractivity contribution in [2.75, 3.05) is 13.3 Å². The molecule has 0 bridgehead atoms. The second kappa shape index (κ2) is 11.6. The van der Waals surface area contributed by atoms with Crippen molar-refractivity contribution in [1.29, 1.82) is 0 Å². The van der Waals surface area contributed by atoms with Gasteiger partial charge in [-0.1, -0.05) is 61.0 Å². The molecule has 1 aromatic heterocycles. The number of carbonyl (C=O) groups is 2. The number of ketones is 1. The first-order valence-electron chi connectivity index (χ1n) is 12.0. The lowest BCUT2D eigenvalue weighted by atomic mass is 9.77. The van der Waals surface area contributed by atoms with Crippen molar-refractivity contribution in [3.05, 3.63) is 35.2 Å². The third-order valence-corrected chi connectivity index (χ3v) is 9.14. The topological polar surface area (TPSA) is 63.2 Å². The van der Waals surface area contributed by atoms with Crippen LogP contribution in [-0.2, 0) is 16.0 Å². The molecule has 0 radical (unpaired) electrons. The van der Waals surface area contributed by atoms with Gasteiger partial charge in [-0.2, -0.15) is 11.8 Å². The second-order valence-electron chi connectivity index (χ2n) is 9.63. The lowest BCUT2D eigenvalue weighted by molar-refractivity contribution is -0.144. The van der Waals surface area contributed by atoms with E-state index in [4.69, 9.17) is 0 Å². The van der Waals surface area contributed by atoms with Crippen LogP contribution in [0.2, 0.25) is 0 Å². The summed E-state index contributed by atoms with van der Waals surface area (Å²) in [4.78, 5) is 30.1. The quantitative estimate of drug-likeness (QED) is 0.418. The van der Waals surface area contributed by atoms with Crippen LogP contribution in [0, 0.1) is 11.8 Å². The Labute approximate surface area is 206 Å². The van der Waals surface area contributed by atoms with E-state index in [1.807, 2.05) is 43.6 Å². The molecule has 0 spiro atoms. The first-order chi connectivity index (χ1) is 15.8. The summed E-state index contributed by atoms with van der Waals surface area (Å²) in [6, 6.07) is 9.34. The van der Waals surface area contributed by atoms with E-state index < -0.39 is 10.8 Å². The predicted molar refractivity (Wildman–Crippen MR) is 139 cm³/mol. The van der Waals surface area contributed by atoms with Gasteiger partial charge in [0.25, 0.3) is 0 Å². The summed E-state index contributed by atoms with van der Waals surface area (Å²) in [7, 11) is 1.83. The molecule has 1 heterocycles. The molecule has 1 aromatic carbocycles. The van der Waals surface area contributed by atoms with Crippen LogP contribution in [0.15, 0.2) is 30.3 Å². The van der Waals surface area contributed by atoms with Gasteiger partial charge in [-0.15, -0.1) is 5.10 Å². The molecule has 180 valence electrons. The van der Waals surface area contributed by atoms with Gasteiger partial charge in [0.15, 0.2) is 5.78 Å². The Kier molecular flexibility index (Phi) is 9.10. The van der Waals surface area contributed by atoms with E-state index in [2.05, 4.69) is 30.4 Å². The molecule has 0 aliphatic heterocycles. The van der Waals surface area contributed by atoms with Crippen LogP contribution in [0.25, 0.3) is 11.3 Å². The number of amides is 1. The van der Waals surface area contributed by atoms with E-state index in [9.17, 15) is 9.59 Å². The molecule has 1 amide bonds. The van der Waals surface area contributed by atoms with Gasteiger partial charge in [-0.25, -0.2) is 0 Å². The Morgan fingerprint density at radius 3 is 2.45 bits per heavy atom. The first kappa shape index (κ1) is 25.9. The maximum Gasteiger partial charge on any atom is 0.226 e. The molecular formula is C26H37N3O2S2. The number of nitrogens with zero attached hydrogens (tertiary/aromatic N) is 3. The summed E-state index contributed by atoms with van der Waals surface area (Å²) < 4.78 is 3.72. The number of carbonyl (C=O) groups excluding carboxylic acids is 2. The molecule has 0 unspecified atom stereocenters. The van der Waals surface area contributed by atoms with Crippen molar-refractivity contribution in [1.82, 2.24) is 14.5 Å². The maximum atomic E-state index is 13.8. The van der Waals surface area contributed by atoms with E-state index in [0.29, 0.717) is 5.92 Å². The number of hydrogen-bond acceptors (Lipinski definition) is 6. The summed E-state index contributed by atoms with van der Waals surface area (Å²) in [6.07, 6.45) is 8.99. The summed E-state index contributed by atoms with van der Waals surface area (Å²) >= 11 is 2.90. The second-order valence-corrected chi connectivity index (χ2v) is 11.9. The normalized spacial score (nSPS) is 16.9. The third kappa shape index (κ3) is 6.04. The molecule has 1 aliphatic rings. The molecule has 33 heavy (non-hydrogen) atoms. The molecule has 2 aromatic rings. The van der Waals surface area contributed by atoms with Crippen molar-refractivity contribution >= 4 is 35.0 Å². The predicted octanol–water partition coefficient (Wildman–Crippen LogP) is 5.89. The van der Waals surface area contributed by atoms with E-state index in [0.717, 1.165) is 35.4 Å². The highest BCUT2D eigenvalue weighted by molar-refractivity contribution is 8.00. The van der Waals surface area contributed by atoms with Crippen LogP contribution >= 0.6 is 23.3 Å². The number of hydrogen-bond donors (Lipinski definition) is 0. The summed E-state index contributed by atoms with van der Waals surface area (Å²) in [5.41, 5.74) is 1.72. The largest absolute Gasteiger partial charge is 0.334 e. The van der Waals surface area contributed by atoms with Crippen molar-refractivity contribution in [3.63, 3.8) is 0 Å². The Hall–Kier alpha value is -1.73. The zero-order valence-electron chi connectivity index (χ0n) is 20.5. The number of likely N-dealkylation sites (N-methyl/N-ethyl adjacent to an activating group) is 1. The van der Waals surface area contributed by atoms with E-state index in [-0.39, 0.29) is 24.0 Å². The minimum Gasteiger partial charge on any atom is -0.334 e. The van der Waals surface area contributed by atoms with Gasteiger partial charge >= 0.3 is 0 Å². The first-order valence-corrected chi connectivity index (χ1v) is 14.0. The van der Waals surface area contributed by atoms with Crippen molar-refractivity contribution in [2.24, 2.45) is 11.8 Å². The highest BCUT2D eigenvalue weighted by Gasteiger charge is 2.42. The number of benzene rings is 1. The standard InChI is InChI=1S/C26H37N3O2S2/c1-6-20(18-13-9-7-10-14-18)25(31)29(4)24(26(2,3)32-5)21(30)17-22-23(27-28-33-22)19-15-11-8-12-16-19/h8,11-12,15-16,18,20,24H,6-7,9-10,13-14,17H2,1-5H3/t20-,24+/m0/s1. The van der Waals surface area contributed by atoms with Crippen molar-refractivity contribution in [3.8, 4) is 11.3 Å². The highest BCUT2D eigenvalue weighted by atomic mass is 32.2. The zero-order valence-corrected chi connectivity index (χ0v) is 22.2. The van der Waals surface area contributed by atoms with Crippen LogP contribution < -0.4 is 0 Å². The summed E-state index contributed by atoms with van der Waals surface area (Å²) in [5.74, 6) is 0.595. The molecule has 2 atom stereocenters. The van der Waals surface area contributed by atoms with Gasteiger partial charge in [-0.05, 0) is 56.8 Å². The van der Waals surface area contributed by atoms with Gasteiger partial charge in [0.2, 0.25) is 5.91 Å². The van der Waals surface area contributed by atoms with Gasteiger partial charge in [0, 0.05) is 29.7 Å². The number of thioether (sulfide) groups is 1. The highest BCUT2D eigenvalue weighted by Crippen LogP contribution is 2.36. The molecule has 0 saturated heterocycles. The fourth-order valence-electron chi connectivity index (χ4n) is 5.21. The van der Waals surface area contributed by atoms with E-state index >= 15 is 0 Å². The Bertz CT molecular complexity index is 923. The zero-order chi connectivity index (χ0) is 24.0. The van der Waals surface area contributed by atoms with Crippen molar-refractivity contribution < 1.29 is 9.59 Å². The number of aromatic nitrogens is 2. The fourth-order valence-corrected chi connectivity index (χ4v) is 6.40. The SMILES string of the molecule is CC[C@H](C(=O)N(C)[C@H](C(=O)Cc1snnc1-c1ccccc1)C(C)(C)SC)C1CCCCC1. The minimum atomic E-state index is -0.511. The lowest BCUT2D eigenvalue weighted by Gasteiger charge is -2.41. The molecule has 1 saturated carbocycles. The Morgan fingerprint density at radius 2 is 1.85 bits per heavy atom. The van der Waals surface area contributed by atoms with Gasteiger partial charge in [-0.3, -0.25) is 9.59 Å². The molecule has 3 rings (SSSR count). The van der Waals surface area contributed by atoms with Gasteiger partial charge in [0.05, 0.1) is 4.88 Å². The molecule has 1 aliphatic carbocycles. The summed E-state index contributed by atoms with van der Waals surface area (Å²) in [6.45, 7) is 6.24. The monoisotopic (exact) mass is 487 g/mol. The summed E-state index contributed by atoms with van der Waals surface area (Å²) in [5, 5.41) is 4.29. The molecule has 1 fully saturated rings. The lowest BCUT2D eigenvalue weighted by Crippen LogP contribution is -2.55. The molecule has 0 N–H and O–H groups in total. The van der Waals surface area contributed by atoms with Crippen LogP contribution in [0.1, 0.15) is 64.2 Å². The van der Waals surface area contributed by atoms with Crippen LogP contribution in [0.4, 0.5) is 0 Å². The molecule has 7 heteroatoms. The average Bonchev–Trinajstić information content (AvgIpc) is 3.28.